The fourth-order valence-electron chi connectivity index (χ4n) is 2.25. The Morgan fingerprint density at radius 2 is 1.95 bits per heavy atom. The zero-order valence-electron chi connectivity index (χ0n) is 11.0. The lowest BCUT2D eigenvalue weighted by molar-refractivity contribution is 0.480. The minimum absolute atomic E-state index is 0.0556. The van der Waals surface area contributed by atoms with E-state index in [4.69, 9.17) is 28.9 Å². The molecule has 0 saturated carbocycles. The first-order valence-electron chi connectivity index (χ1n) is 6.15. The summed E-state index contributed by atoms with van der Waals surface area (Å²) in [5.41, 5.74) is 7.41. The van der Waals surface area contributed by atoms with Crippen LogP contribution >= 0.6 is 23.2 Å². The first kappa shape index (κ1) is 14.4. The van der Waals surface area contributed by atoms with Gasteiger partial charge in [-0.15, -0.1) is 0 Å². The number of halogens is 2. The number of hydrogen-bond donors (Lipinski definition) is 2. The van der Waals surface area contributed by atoms with Gasteiger partial charge in [-0.05, 0) is 12.1 Å². The lowest BCUT2D eigenvalue weighted by Crippen LogP contribution is -1.97. The van der Waals surface area contributed by atoms with Gasteiger partial charge >= 0.3 is 0 Å². The summed E-state index contributed by atoms with van der Waals surface area (Å²) < 4.78 is 0. The molecule has 0 saturated heterocycles. The van der Waals surface area contributed by atoms with E-state index >= 15 is 0 Å². The third-order valence-corrected chi connectivity index (χ3v) is 4.09. The Labute approximate surface area is 135 Å². The number of aromatic nitrogens is 2. The lowest BCUT2D eigenvalue weighted by atomic mass is 9.98. The van der Waals surface area contributed by atoms with E-state index in [-0.39, 0.29) is 22.5 Å². The largest absolute Gasteiger partial charge is 0.506 e. The average molecular weight is 331 g/mol. The minimum atomic E-state index is -0.252. The van der Waals surface area contributed by atoms with Gasteiger partial charge in [0.15, 0.2) is 0 Å². The highest BCUT2D eigenvalue weighted by molar-refractivity contribution is 6.44. The second kappa shape index (κ2) is 5.34. The third-order valence-electron chi connectivity index (χ3n) is 3.27. The number of aromatic hydroxyl groups is 1. The van der Waals surface area contributed by atoms with Crippen molar-refractivity contribution in [2.24, 2.45) is 0 Å². The highest BCUT2D eigenvalue weighted by Gasteiger charge is 2.18. The third kappa shape index (κ3) is 2.10. The maximum Gasteiger partial charge on any atom is 0.146 e. The monoisotopic (exact) mass is 330 g/mol. The predicted octanol–water partition coefficient (Wildman–Crippen LogP) is 3.76. The number of nitrogens with two attached hydrogens (primary N) is 1. The van der Waals surface area contributed by atoms with Gasteiger partial charge in [-0.25, -0.2) is 9.97 Å². The molecule has 0 aliphatic heterocycles. The van der Waals surface area contributed by atoms with Crippen molar-refractivity contribution in [3.05, 3.63) is 46.2 Å². The van der Waals surface area contributed by atoms with E-state index in [9.17, 15) is 10.4 Å². The molecule has 22 heavy (non-hydrogen) atoms. The van der Waals surface area contributed by atoms with E-state index in [1.54, 1.807) is 18.2 Å². The first-order valence-corrected chi connectivity index (χ1v) is 6.90. The Morgan fingerprint density at radius 1 is 1.18 bits per heavy atom. The molecule has 7 heteroatoms. The van der Waals surface area contributed by atoms with Crippen LogP contribution in [-0.4, -0.2) is 15.1 Å². The van der Waals surface area contributed by atoms with Crippen LogP contribution in [0.4, 0.5) is 5.82 Å². The number of nitrogens with zero attached hydrogens (tertiary/aromatic N) is 3. The summed E-state index contributed by atoms with van der Waals surface area (Å²) in [4.78, 5) is 8.02. The van der Waals surface area contributed by atoms with Crippen LogP contribution in [0.25, 0.3) is 22.0 Å². The van der Waals surface area contributed by atoms with Crippen LogP contribution in [0.15, 0.2) is 30.6 Å². The van der Waals surface area contributed by atoms with Gasteiger partial charge in [0.2, 0.25) is 0 Å². The highest BCUT2D eigenvalue weighted by Crippen LogP contribution is 2.41. The average Bonchev–Trinajstić information content (AvgIpc) is 2.51. The number of fused-ring (bicyclic) bond motifs is 1. The molecule has 108 valence electrons. The summed E-state index contributed by atoms with van der Waals surface area (Å²) in [5.74, 6) is -0.170. The Bertz CT molecular complexity index is 950. The smallest absolute Gasteiger partial charge is 0.146 e. The Balaban J connectivity index is 2.50. The standard InChI is InChI=1S/C15H8Cl2N4O/c16-10-3-1-2-8(12(10)17)9-4-7(5-18)14(22)11-13(9)20-6-21-15(11)19/h1-4,6,22H,(H2,19,20,21). The van der Waals surface area contributed by atoms with Crippen LogP contribution in [-0.2, 0) is 0 Å². The molecule has 1 aromatic heterocycles. The van der Waals surface area contributed by atoms with Crippen molar-refractivity contribution in [3.63, 3.8) is 0 Å². The molecule has 5 nitrogen and oxygen atoms in total. The number of benzene rings is 2. The van der Waals surface area contributed by atoms with Crippen molar-refractivity contribution >= 4 is 39.9 Å². The van der Waals surface area contributed by atoms with Gasteiger partial charge in [-0.2, -0.15) is 5.26 Å². The zero-order valence-corrected chi connectivity index (χ0v) is 12.5. The number of phenols is 1. The zero-order chi connectivity index (χ0) is 15.9. The number of hydrogen-bond acceptors (Lipinski definition) is 5. The lowest BCUT2D eigenvalue weighted by Gasteiger charge is -2.12. The van der Waals surface area contributed by atoms with Crippen LogP contribution in [0.3, 0.4) is 0 Å². The van der Waals surface area contributed by atoms with Crippen molar-refractivity contribution in [1.29, 1.82) is 5.26 Å². The molecule has 0 fully saturated rings. The molecule has 0 aliphatic carbocycles. The number of anilines is 1. The molecule has 0 spiro atoms. The van der Waals surface area contributed by atoms with Gasteiger partial charge in [0, 0.05) is 11.1 Å². The molecule has 1 heterocycles. The van der Waals surface area contributed by atoms with Crippen LogP contribution in [0, 0.1) is 11.3 Å². The predicted molar refractivity (Wildman–Crippen MR) is 85.8 cm³/mol. The van der Waals surface area contributed by atoms with Crippen molar-refractivity contribution < 1.29 is 5.11 Å². The minimum Gasteiger partial charge on any atom is -0.506 e. The van der Waals surface area contributed by atoms with Gasteiger partial charge in [-0.1, -0.05) is 35.3 Å². The van der Waals surface area contributed by atoms with Gasteiger partial charge in [0.1, 0.15) is 24.0 Å². The van der Waals surface area contributed by atoms with E-state index < -0.39 is 0 Å². The number of phenolic OH excluding ortho intramolecular Hbond substituents is 1. The molecule has 3 aromatic rings. The van der Waals surface area contributed by atoms with E-state index in [0.717, 1.165) is 0 Å². The maximum atomic E-state index is 10.2. The number of nitrogen functional groups attached to an aromatic ring is 1. The summed E-state index contributed by atoms with van der Waals surface area (Å²) in [5, 5.41) is 20.3. The summed E-state index contributed by atoms with van der Waals surface area (Å²) in [7, 11) is 0. The number of rotatable bonds is 1. The summed E-state index contributed by atoms with van der Waals surface area (Å²) in [6, 6.07) is 8.57. The molecule has 0 unspecified atom stereocenters. The maximum absolute atomic E-state index is 10.2. The summed E-state index contributed by atoms with van der Waals surface area (Å²) in [6.45, 7) is 0. The van der Waals surface area contributed by atoms with E-state index in [1.165, 1.54) is 12.4 Å². The molecule has 0 bridgehead atoms. The van der Waals surface area contributed by atoms with Crippen molar-refractivity contribution in [3.8, 4) is 22.9 Å². The molecule has 0 radical (unpaired) electrons. The van der Waals surface area contributed by atoms with Crippen LogP contribution in [0.5, 0.6) is 5.75 Å². The Kier molecular flexibility index (Phi) is 3.49. The normalized spacial score (nSPS) is 10.6. The van der Waals surface area contributed by atoms with Crippen LogP contribution in [0.2, 0.25) is 10.0 Å². The van der Waals surface area contributed by atoms with E-state index in [1.807, 2.05) is 6.07 Å². The molecule has 3 N–H and O–H groups in total. The Hall–Kier alpha value is -2.55. The summed E-state index contributed by atoms with van der Waals surface area (Å²) in [6.07, 6.45) is 1.28. The molecule has 0 amide bonds. The molecule has 3 rings (SSSR count). The summed E-state index contributed by atoms with van der Waals surface area (Å²) >= 11 is 12.3. The van der Waals surface area contributed by atoms with Crippen molar-refractivity contribution in [1.82, 2.24) is 9.97 Å². The molecular formula is C15H8Cl2N4O. The quantitative estimate of drug-likeness (QED) is 0.708. The molecule has 0 atom stereocenters. The molecular weight excluding hydrogens is 323 g/mol. The van der Waals surface area contributed by atoms with Crippen molar-refractivity contribution in [2.45, 2.75) is 0 Å². The van der Waals surface area contributed by atoms with Gasteiger partial charge < -0.3 is 10.8 Å². The van der Waals surface area contributed by atoms with Gasteiger partial charge in [-0.3, -0.25) is 0 Å². The van der Waals surface area contributed by atoms with Crippen molar-refractivity contribution in [2.75, 3.05) is 5.73 Å². The fourth-order valence-corrected chi connectivity index (χ4v) is 2.66. The van der Waals surface area contributed by atoms with E-state index in [2.05, 4.69) is 9.97 Å². The Morgan fingerprint density at radius 3 is 2.68 bits per heavy atom. The SMILES string of the molecule is N#Cc1cc(-c2cccc(Cl)c2Cl)c2ncnc(N)c2c1O. The van der Waals surface area contributed by atoms with Crippen LogP contribution < -0.4 is 5.73 Å². The van der Waals surface area contributed by atoms with Crippen LogP contribution in [0.1, 0.15) is 5.56 Å². The van der Waals surface area contributed by atoms with E-state index in [0.29, 0.717) is 26.7 Å². The topological polar surface area (TPSA) is 95.8 Å². The highest BCUT2D eigenvalue weighted by atomic mass is 35.5. The number of nitriles is 1. The van der Waals surface area contributed by atoms with Gasteiger partial charge in [0.25, 0.3) is 0 Å². The first-order chi connectivity index (χ1) is 10.5. The molecule has 0 aliphatic rings. The fraction of sp³-hybridized carbons (Fsp3) is 0. The molecule has 2 aromatic carbocycles. The second-order valence-electron chi connectivity index (χ2n) is 4.52. The van der Waals surface area contributed by atoms with Gasteiger partial charge in [0.05, 0.1) is 26.5 Å². The second-order valence-corrected chi connectivity index (χ2v) is 5.30.